The third kappa shape index (κ3) is 3.28. The highest BCUT2D eigenvalue weighted by Crippen LogP contribution is 2.51. The molecule has 2 aliphatic carbocycles. The predicted molar refractivity (Wildman–Crippen MR) is 76.7 cm³/mol. The van der Waals surface area contributed by atoms with Gasteiger partial charge in [0.15, 0.2) is 0 Å². The predicted octanol–water partition coefficient (Wildman–Crippen LogP) is 2.70. The molecule has 2 fully saturated rings. The molecule has 1 heterocycles. The smallest absolute Gasteiger partial charge is 0.414 e. The van der Waals surface area contributed by atoms with Crippen LogP contribution in [-0.2, 0) is 14.3 Å². The molecule has 0 aromatic rings. The van der Waals surface area contributed by atoms with E-state index in [1.54, 1.807) is 0 Å². The first-order valence-corrected chi connectivity index (χ1v) is 7.90. The van der Waals surface area contributed by atoms with E-state index in [9.17, 15) is 9.59 Å². The van der Waals surface area contributed by atoms with Crippen molar-refractivity contribution in [1.29, 1.82) is 0 Å². The molecule has 5 heteroatoms. The number of hydrogen-bond acceptors (Lipinski definition) is 4. The van der Waals surface area contributed by atoms with Crippen LogP contribution in [0.3, 0.4) is 0 Å². The second kappa shape index (κ2) is 5.79. The largest absolute Gasteiger partial charge is 0.446 e. The second-order valence-electron chi connectivity index (χ2n) is 6.41. The molecule has 0 aromatic carbocycles. The summed E-state index contributed by atoms with van der Waals surface area (Å²) in [5, 5.41) is 2.17. The molecule has 1 aliphatic heterocycles. The number of ether oxygens (including phenoxy) is 2. The van der Waals surface area contributed by atoms with E-state index in [4.69, 9.17) is 9.47 Å². The van der Waals surface area contributed by atoms with Crippen LogP contribution < -0.4 is 5.32 Å². The maximum absolute atomic E-state index is 11.6. The van der Waals surface area contributed by atoms with Gasteiger partial charge in [-0.3, -0.25) is 10.1 Å². The van der Waals surface area contributed by atoms with E-state index in [2.05, 4.69) is 11.4 Å². The summed E-state index contributed by atoms with van der Waals surface area (Å²) in [5.41, 5.74) is 1.50. The summed E-state index contributed by atoms with van der Waals surface area (Å²) in [5.74, 6) is -0.00831. The summed E-state index contributed by atoms with van der Waals surface area (Å²) in [7, 11) is 0. The van der Waals surface area contributed by atoms with E-state index >= 15 is 0 Å². The van der Waals surface area contributed by atoms with Crippen LogP contribution in [0.4, 0.5) is 4.79 Å². The fraction of sp³-hybridized carbons (Fsp3) is 0.750. The second-order valence-corrected chi connectivity index (χ2v) is 6.41. The highest BCUT2D eigenvalue weighted by molar-refractivity contribution is 5.90. The van der Waals surface area contributed by atoms with Gasteiger partial charge in [0.1, 0.15) is 6.10 Å². The minimum atomic E-state index is -0.628. The molecule has 1 saturated heterocycles. The number of carbonyl (C=O) groups excluding carboxylic acids is 2. The van der Waals surface area contributed by atoms with Gasteiger partial charge < -0.3 is 9.47 Å². The normalized spacial score (nSPS) is 35.0. The molecule has 1 spiro atoms. The first-order chi connectivity index (χ1) is 10.1. The molecule has 3 rings (SSSR count). The lowest BCUT2D eigenvalue weighted by molar-refractivity contribution is -0.118. The summed E-state index contributed by atoms with van der Waals surface area (Å²) in [6.45, 7) is 2.15. The molecule has 0 unspecified atom stereocenters. The summed E-state index contributed by atoms with van der Waals surface area (Å²) in [4.78, 5) is 22.5. The van der Waals surface area contributed by atoms with Crippen molar-refractivity contribution in [1.82, 2.24) is 5.32 Å². The lowest BCUT2D eigenvalue weighted by Crippen LogP contribution is -2.40. The molecule has 0 bridgehead atoms. The Hall–Kier alpha value is -1.36. The van der Waals surface area contributed by atoms with Gasteiger partial charge in [-0.25, -0.2) is 4.79 Å². The summed E-state index contributed by atoms with van der Waals surface area (Å²) in [6, 6.07) is 0. The SMILES string of the molecule is CC(=O)NC(=O)O[C@@H]1CC[C@]2(CO2)[C@H](C2=CCCCC2)C1. The zero-order chi connectivity index (χ0) is 14.9. The van der Waals surface area contributed by atoms with Gasteiger partial charge in [-0.1, -0.05) is 11.6 Å². The third-order valence-corrected chi connectivity index (χ3v) is 4.86. The van der Waals surface area contributed by atoms with Crippen molar-refractivity contribution in [3.63, 3.8) is 0 Å². The van der Waals surface area contributed by atoms with E-state index in [0.29, 0.717) is 5.92 Å². The topological polar surface area (TPSA) is 67.9 Å². The molecule has 2 amide bonds. The fourth-order valence-electron chi connectivity index (χ4n) is 3.71. The third-order valence-electron chi connectivity index (χ3n) is 4.86. The van der Waals surface area contributed by atoms with Crippen LogP contribution in [0.1, 0.15) is 51.9 Å². The minimum Gasteiger partial charge on any atom is -0.446 e. The molecule has 21 heavy (non-hydrogen) atoms. The van der Waals surface area contributed by atoms with Crippen molar-refractivity contribution in [3.05, 3.63) is 11.6 Å². The van der Waals surface area contributed by atoms with Crippen molar-refractivity contribution in [2.75, 3.05) is 6.61 Å². The molecular weight excluding hydrogens is 270 g/mol. The van der Waals surface area contributed by atoms with Crippen molar-refractivity contribution in [2.24, 2.45) is 5.92 Å². The van der Waals surface area contributed by atoms with Crippen LogP contribution in [0.15, 0.2) is 11.6 Å². The standard InChI is InChI=1S/C16H23NO4/c1-11(18)17-15(19)21-13-7-8-16(10-20-16)14(9-13)12-5-3-2-4-6-12/h5,13-14H,2-4,6-10H2,1H3,(H,17,18,19)/t13-,14+,16+/m1/s1. The van der Waals surface area contributed by atoms with Gasteiger partial charge in [0.05, 0.1) is 12.2 Å². The van der Waals surface area contributed by atoms with Gasteiger partial charge in [-0.05, 0) is 44.9 Å². The molecule has 5 nitrogen and oxygen atoms in total. The van der Waals surface area contributed by atoms with Crippen LogP contribution in [0.5, 0.6) is 0 Å². The van der Waals surface area contributed by atoms with Crippen LogP contribution >= 0.6 is 0 Å². The van der Waals surface area contributed by atoms with E-state index in [1.807, 2.05) is 0 Å². The number of rotatable bonds is 2. The number of alkyl carbamates (subject to hydrolysis) is 1. The number of hydrogen-bond donors (Lipinski definition) is 1. The lowest BCUT2D eigenvalue weighted by Gasteiger charge is -2.36. The molecular formula is C16H23NO4. The first kappa shape index (κ1) is 14.6. The van der Waals surface area contributed by atoms with Crippen molar-refractivity contribution < 1.29 is 19.1 Å². The number of nitrogens with one attached hydrogen (secondary N) is 1. The monoisotopic (exact) mass is 293 g/mol. The lowest BCUT2D eigenvalue weighted by atomic mass is 9.71. The van der Waals surface area contributed by atoms with E-state index in [0.717, 1.165) is 38.7 Å². The van der Waals surface area contributed by atoms with Gasteiger partial charge in [0.25, 0.3) is 0 Å². The number of epoxide rings is 1. The molecule has 3 atom stereocenters. The van der Waals surface area contributed by atoms with Crippen LogP contribution in [0, 0.1) is 5.92 Å². The number of imide groups is 1. The van der Waals surface area contributed by atoms with Gasteiger partial charge in [-0.2, -0.15) is 0 Å². The van der Waals surface area contributed by atoms with Crippen LogP contribution in [0.2, 0.25) is 0 Å². The van der Waals surface area contributed by atoms with E-state index in [-0.39, 0.29) is 17.6 Å². The van der Waals surface area contributed by atoms with E-state index in [1.165, 1.54) is 25.3 Å². The van der Waals surface area contributed by atoms with Gasteiger partial charge in [0, 0.05) is 12.8 Å². The summed E-state index contributed by atoms with van der Waals surface area (Å²) < 4.78 is 11.2. The number of allylic oxidation sites excluding steroid dienone is 1. The molecule has 116 valence electrons. The Morgan fingerprint density at radius 1 is 1.43 bits per heavy atom. The zero-order valence-electron chi connectivity index (χ0n) is 12.5. The highest BCUT2D eigenvalue weighted by Gasteiger charge is 2.55. The van der Waals surface area contributed by atoms with Gasteiger partial charge in [-0.15, -0.1) is 0 Å². The fourth-order valence-corrected chi connectivity index (χ4v) is 3.71. The van der Waals surface area contributed by atoms with Crippen molar-refractivity contribution in [3.8, 4) is 0 Å². The summed E-state index contributed by atoms with van der Waals surface area (Å²) >= 11 is 0. The Labute approximate surface area is 125 Å². The van der Waals surface area contributed by atoms with E-state index < -0.39 is 6.09 Å². The Morgan fingerprint density at radius 3 is 2.86 bits per heavy atom. The molecule has 3 aliphatic rings. The number of carbonyl (C=O) groups is 2. The molecule has 1 saturated carbocycles. The van der Waals surface area contributed by atoms with Crippen molar-refractivity contribution in [2.45, 2.75) is 63.6 Å². The molecule has 0 radical (unpaired) electrons. The Morgan fingerprint density at radius 2 is 2.24 bits per heavy atom. The van der Waals surface area contributed by atoms with Gasteiger partial charge >= 0.3 is 6.09 Å². The maximum Gasteiger partial charge on any atom is 0.414 e. The Kier molecular flexibility index (Phi) is 4.02. The number of amides is 2. The Balaban J connectivity index is 1.63. The molecule has 0 aromatic heterocycles. The summed E-state index contributed by atoms with van der Waals surface area (Å²) in [6.07, 6.45) is 8.98. The zero-order valence-corrected chi connectivity index (χ0v) is 12.5. The first-order valence-electron chi connectivity index (χ1n) is 7.90. The van der Waals surface area contributed by atoms with Gasteiger partial charge in [0.2, 0.25) is 5.91 Å². The van der Waals surface area contributed by atoms with Crippen LogP contribution in [-0.4, -0.2) is 30.3 Å². The van der Waals surface area contributed by atoms with Crippen LogP contribution in [0.25, 0.3) is 0 Å². The molecule has 1 N–H and O–H groups in total. The van der Waals surface area contributed by atoms with Crippen molar-refractivity contribution >= 4 is 12.0 Å². The quantitative estimate of drug-likeness (QED) is 0.628. The maximum atomic E-state index is 11.6. The minimum absolute atomic E-state index is 0.0140. The average molecular weight is 293 g/mol. The average Bonchev–Trinajstić information content (AvgIpc) is 3.22. The highest BCUT2D eigenvalue weighted by atomic mass is 16.6. The Bertz CT molecular complexity index is 467.